The van der Waals surface area contributed by atoms with Gasteiger partial charge in [-0.25, -0.2) is 17.5 Å². The molecule has 2 atom stereocenters. The monoisotopic (exact) mass is 355 g/mol. The van der Waals surface area contributed by atoms with Crippen LogP contribution in [0.2, 0.25) is 10.0 Å². The Kier molecular flexibility index (Phi) is 5.48. The Morgan fingerprint density at radius 2 is 1.95 bits per heavy atom. The summed E-state index contributed by atoms with van der Waals surface area (Å²) >= 11 is 11.3. The lowest BCUT2D eigenvalue weighted by Crippen LogP contribution is -2.32. The van der Waals surface area contributed by atoms with Crippen LogP contribution in [0.1, 0.15) is 19.3 Å². The fourth-order valence-corrected chi connectivity index (χ4v) is 4.47. The van der Waals surface area contributed by atoms with Crippen molar-refractivity contribution < 1.29 is 17.9 Å². The molecule has 0 spiro atoms. The first-order chi connectivity index (χ1) is 9.86. The van der Waals surface area contributed by atoms with Gasteiger partial charge in [0.1, 0.15) is 4.90 Å². The van der Waals surface area contributed by atoms with E-state index < -0.39 is 20.9 Å². The van der Waals surface area contributed by atoms with Crippen LogP contribution in [0.25, 0.3) is 0 Å². The number of hydrogen-bond donors (Lipinski definition) is 2. The molecule has 0 radical (unpaired) electrons. The molecule has 1 aliphatic rings. The summed E-state index contributed by atoms with van der Waals surface area (Å²) in [5.41, 5.74) is 0. The summed E-state index contributed by atoms with van der Waals surface area (Å²) in [6.07, 6.45) is 2.71. The SMILES string of the molecule is O=S(=O)(NCC1CCCC1CO)c1ccc(Cl)c(F)c1Cl. The largest absolute Gasteiger partial charge is 0.396 e. The van der Waals surface area contributed by atoms with Gasteiger partial charge in [-0.1, -0.05) is 29.6 Å². The van der Waals surface area contributed by atoms with Crippen LogP contribution >= 0.6 is 23.2 Å². The third kappa shape index (κ3) is 3.68. The smallest absolute Gasteiger partial charge is 0.242 e. The summed E-state index contributed by atoms with van der Waals surface area (Å²) in [5.74, 6) is -0.763. The summed E-state index contributed by atoms with van der Waals surface area (Å²) in [7, 11) is -3.91. The Bertz CT molecular complexity index is 624. The van der Waals surface area contributed by atoms with Crippen LogP contribution in [-0.4, -0.2) is 26.7 Å². The number of halogens is 3. The number of sulfonamides is 1. The Morgan fingerprint density at radius 1 is 1.29 bits per heavy atom. The van der Waals surface area contributed by atoms with Gasteiger partial charge in [0.2, 0.25) is 10.0 Å². The van der Waals surface area contributed by atoms with Gasteiger partial charge < -0.3 is 5.11 Å². The highest BCUT2D eigenvalue weighted by atomic mass is 35.5. The molecule has 0 amide bonds. The molecule has 2 unspecified atom stereocenters. The molecule has 1 aromatic carbocycles. The molecule has 0 saturated heterocycles. The fourth-order valence-electron chi connectivity index (χ4n) is 2.63. The zero-order valence-electron chi connectivity index (χ0n) is 11.2. The molecule has 1 aromatic rings. The second-order valence-electron chi connectivity index (χ2n) is 5.16. The summed E-state index contributed by atoms with van der Waals surface area (Å²) in [5, 5.41) is 8.49. The second-order valence-corrected chi connectivity index (χ2v) is 7.68. The van der Waals surface area contributed by atoms with E-state index in [1.165, 1.54) is 6.07 Å². The van der Waals surface area contributed by atoms with Crippen molar-refractivity contribution in [2.24, 2.45) is 11.8 Å². The second kappa shape index (κ2) is 6.79. The van der Waals surface area contributed by atoms with E-state index >= 15 is 0 Å². The van der Waals surface area contributed by atoms with Crippen LogP contribution in [0.4, 0.5) is 4.39 Å². The molecule has 0 heterocycles. The van der Waals surface area contributed by atoms with Gasteiger partial charge in [0.05, 0.1) is 10.0 Å². The van der Waals surface area contributed by atoms with E-state index in [1.807, 2.05) is 0 Å². The molecule has 21 heavy (non-hydrogen) atoms. The van der Waals surface area contributed by atoms with Crippen LogP contribution in [0, 0.1) is 17.7 Å². The zero-order valence-corrected chi connectivity index (χ0v) is 13.5. The Morgan fingerprint density at radius 3 is 2.62 bits per heavy atom. The Balaban J connectivity index is 2.14. The van der Waals surface area contributed by atoms with E-state index in [-0.39, 0.29) is 34.9 Å². The zero-order chi connectivity index (χ0) is 15.6. The van der Waals surface area contributed by atoms with Crippen LogP contribution in [0.15, 0.2) is 17.0 Å². The lowest BCUT2D eigenvalue weighted by molar-refractivity contribution is 0.195. The molecule has 0 aliphatic heterocycles. The molecule has 118 valence electrons. The molecule has 1 aliphatic carbocycles. The maximum absolute atomic E-state index is 13.6. The van der Waals surface area contributed by atoms with Crippen molar-refractivity contribution >= 4 is 33.2 Å². The van der Waals surface area contributed by atoms with Crippen molar-refractivity contribution in [3.05, 3.63) is 28.0 Å². The lowest BCUT2D eigenvalue weighted by atomic mass is 9.97. The summed E-state index contributed by atoms with van der Waals surface area (Å²) in [6.45, 7) is 0.247. The average molecular weight is 356 g/mol. The van der Waals surface area contributed by atoms with Gasteiger partial charge in [0.25, 0.3) is 0 Å². The standard InChI is InChI=1S/C13H16Cl2FNO3S/c14-10-4-5-11(12(15)13(10)16)21(19,20)17-6-8-2-1-3-9(8)7-18/h4-5,8-9,17-18H,1-3,6-7H2. The lowest BCUT2D eigenvalue weighted by Gasteiger charge is -2.18. The molecule has 8 heteroatoms. The highest BCUT2D eigenvalue weighted by Gasteiger charge is 2.29. The first-order valence-corrected chi connectivity index (χ1v) is 8.84. The third-order valence-electron chi connectivity index (χ3n) is 3.88. The van der Waals surface area contributed by atoms with Gasteiger partial charge in [0, 0.05) is 13.2 Å². The summed E-state index contributed by atoms with van der Waals surface area (Å²) in [6, 6.07) is 2.33. The molecular weight excluding hydrogens is 340 g/mol. The molecular formula is C13H16Cl2FNO3S. The van der Waals surface area contributed by atoms with Crippen molar-refractivity contribution in [3.63, 3.8) is 0 Å². The summed E-state index contributed by atoms with van der Waals surface area (Å²) in [4.78, 5) is -0.329. The van der Waals surface area contributed by atoms with Gasteiger partial charge in [-0.05, 0) is 36.8 Å². The van der Waals surface area contributed by atoms with Crippen LogP contribution < -0.4 is 4.72 Å². The molecule has 0 bridgehead atoms. The van der Waals surface area contributed by atoms with E-state index in [2.05, 4.69) is 4.72 Å². The van der Waals surface area contributed by atoms with E-state index in [0.29, 0.717) is 0 Å². The maximum atomic E-state index is 13.6. The first-order valence-electron chi connectivity index (χ1n) is 6.61. The minimum absolute atomic E-state index is 0.0444. The Hall–Kier alpha value is -0.400. The van der Waals surface area contributed by atoms with Crippen LogP contribution in [0.5, 0.6) is 0 Å². The van der Waals surface area contributed by atoms with Gasteiger partial charge >= 0.3 is 0 Å². The summed E-state index contributed by atoms with van der Waals surface area (Å²) < 4.78 is 40.4. The topological polar surface area (TPSA) is 66.4 Å². The van der Waals surface area contributed by atoms with E-state index in [0.717, 1.165) is 25.3 Å². The van der Waals surface area contributed by atoms with Gasteiger partial charge in [-0.3, -0.25) is 0 Å². The van der Waals surface area contributed by atoms with E-state index in [4.69, 9.17) is 23.2 Å². The highest BCUT2D eigenvalue weighted by Crippen LogP contribution is 2.32. The number of benzene rings is 1. The van der Waals surface area contributed by atoms with Crippen molar-refractivity contribution in [2.45, 2.75) is 24.2 Å². The third-order valence-corrected chi connectivity index (χ3v) is 6.12. The van der Waals surface area contributed by atoms with Crippen LogP contribution in [-0.2, 0) is 10.0 Å². The molecule has 0 aromatic heterocycles. The minimum Gasteiger partial charge on any atom is -0.396 e. The fraction of sp³-hybridized carbons (Fsp3) is 0.538. The van der Waals surface area contributed by atoms with Crippen molar-refractivity contribution in [3.8, 4) is 0 Å². The van der Waals surface area contributed by atoms with Crippen LogP contribution in [0.3, 0.4) is 0 Å². The number of rotatable bonds is 5. The quantitative estimate of drug-likeness (QED) is 0.798. The Labute approximate surface area is 133 Å². The predicted molar refractivity (Wildman–Crippen MR) is 79.5 cm³/mol. The molecule has 4 nitrogen and oxygen atoms in total. The number of aliphatic hydroxyl groups excluding tert-OH is 1. The molecule has 2 N–H and O–H groups in total. The molecule has 2 rings (SSSR count). The predicted octanol–water partition coefficient (Wildman–Crippen LogP) is 2.82. The van der Waals surface area contributed by atoms with E-state index in [1.54, 1.807) is 0 Å². The normalized spacial score (nSPS) is 22.7. The van der Waals surface area contributed by atoms with Gasteiger partial charge in [-0.2, -0.15) is 0 Å². The average Bonchev–Trinajstić information content (AvgIpc) is 2.90. The first kappa shape index (κ1) is 17.0. The van der Waals surface area contributed by atoms with Crippen molar-refractivity contribution in [2.75, 3.05) is 13.2 Å². The maximum Gasteiger partial charge on any atom is 0.242 e. The highest BCUT2D eigenvalue weighted by molar-refractivity contribution is 7.89. The van der Waals surface area contributed by atoms with E-state index in [9.17, 15) is 17.9 Å². The van der Waals surface area contributed by atoms with Crippen molar-refractivity contribution in [1.82, 2.24) is 4.72 Å². The number of aliphatic hydroxyl groups is 1. The number of hydrogen-bond acceptors (Lipinski definition) is 3. The molecule has 1 saturated carbocycles. The number of nitrogens with one attached hydrogen (secondary N) is 1. The van der Waals surface area contributed by atoms with Crippen molar-refractivity contribution in [1.29, 1.82) is 0 Å². The van der Waals surface area contributed by atoms with Gasteiger partial charge in [0.15, 0.2) is 5.82 Å². The molecule has 1 fully saturated rings. The van der Waals surface area contributed by atoms with Gasteiger partial charge in [-0.15, -0.1) is 0 Å². The minimum atomic E-state index is -3.91.